The highest BCUT2D eigenvalue weighted by Crippen LogP contribution is 2.08. The maximum atomic E-state index is 4.98. The standard InChI is InChI=1S/C5H11NOS2/c8-9-7-5-4-6-2-1-3-6/h8H,1-5H2. The largest absolute Gasteiger partial charge is 0.304 e. The smallest absolute Gasteiger partial charge is 0.0751 e. The molecule has 1 saturated heterocycles. The van der Waals surface area contributed by atoms with Crippen LogP contribution in [0.3, 0.4) is 0 Å². The molecule has 54 valence electrons. The van der Waals surface area contributed by atoms with E-state index in [2.05, 4.69) is 16.6 Å². The second-order valence-corrected chi connectivity index (χ2v) is 2.92. The van der Waals surface area contributed by atoms with Crippen molar-refractivity contribution in [3.63, 3.8) is 0 Å². The molecule has 0 N–H and O–H groups in total. The third-order valence-corrected chi connectivity index (χ3v) is 2.08. The van der Waals surface area contributed by atoms with E-state index >= 15 is 0 Å². The Bertz CT molecular complexity index is 77.4. The van der Waals surface area contributed by atoms with Gasteiger partial charge in [-0.25, -0.2) is 0 Å². The van der Waals surface area contributed by atoms with E-state index in [1.807, 2.05) is 0 Å². The molecule has 0 unspecified atom stereocenters. The summed E-state index contributed by atoms with van der Waals surface area (Å²) in [5.74, 6) is 0. The number of likely N-dealkylation sites (tertiary alicyclic amines) is 1. The molecule has 2 nitrogen and oxygen atoms in total. The first-order valence-corrected chi connectivity index (χ1v) is 4.88. The molecule has 1 aliphatic heterocycles. The summed E-state index contributed by atoms with van der Waals surface area (Å²) in [6.45, 7) is 4.36. The van der Waals surface area contributed by atoms with Crippen LogP contribution < -0.4 is 0 Å². The summed E-state index contributed by atoms with van der Waals surface area (Å²) >= 11 is 4.99. The highest BCUT2D eigenvalue weighted by molar-refractivity contribution is 8.66. The van der Waals surface area contributed by atoms with Gasteiger partial charge in [-0.15, -0.1) is 0 Å². The predicted molar refractivity (Wildman–Crippen MR) is 43.6 cm³/mol. The minimum Gasteiger partial charge on any atom is -0.304 e. The van der Waals surface area contributed by atoms with Gasteiger partial charge in [-0.3, -0.25) is 0 Å². The normalized spacial score (nSPS) is 19.7. The maximum Gasteiger partial charge on any atom is 0.0751 e. The maximum absolute atomic E-state index is 4.98. The van der Waals surface area contributed by atoms with Crippen molar-refractivity contribution in [3.8, 4) is 0 Å². The Labute approximate surface area is 65.0 Å². The summed E-state index contributed by atoms with van der Waals surface area (Å²) in [7, 11) is 0. The fraction of sp³-hybridized carbons (Fsp3) is 1.00. The molecule has 0 aromatic rings. The van der Waals surface area contributed by atoms with Crippen molar-refractivity contribution >= 4 is 22.7 Å². The average molecular weight is 165 g/mol. The van der Waals surface area contributed by atoms with Crippen molar-refractivity contribution in [2.45, 2.75) is 6.42 Å². The first-order valence-electron chi connectivity index (χ1n) is 3.09. The lowest BCUT2D eigenvalue weighted by Crippen LogP contribution is -2.39. The second kappa shape index (κ2) is 4.44. The molecule has 0 bridgehead atoms. The fourth-order valence-corrected chi connectivity index (χ4v) is 1.18. The lowest BCUT2D eigenvalue weighted by molar-refractivity contribution is 0.155. The zero-order valence-electron chi connectivity index (χ0n) is 5.25. The van der Waals surface area contributed by atoms with Gasteiger partial charge >= 0.3 is 0 Å². The van der Waals surface area contributed by atoms with Gasteiger partial charge in [0.1, 0.15) is 0 Å². The molecule has 1 aliphatic rings. The van der Waals surface area contributed by atoms with Crippen molar-refractivity contribution in [2.75, 3.05) is 26.2 Å². The monoisotopic (exact) mass is 165 g/mol. The Hall–Kier alpha value is 0.620. The van der Waals surface area contributed by atoms with E-state index in [1.54, 1.807) is 0 Å². The zero-order valence-corrected chi connectivity index (χ0v) is 6.96. The predicted octanol–water partition coefficient (Wildman–Crippen LogP) is 1.20. The van der Waals surface area contributed by atoms with Gasteiger partial charge in [0.2, 0.25) is 0 Å². The van der Waals surface area contributed by atoms with Crippen molar-refractivity contribution in [2.24, 2.45) is 0 Å². The number of thiol groups is 1. The van der Waals surface area contributed by atoms with E-state index in [1.165, 1.54) is 19.5 Å². The van der Waals surface area contributed by atoms with E-state index in [0.717, 1.165) is 24.2 Å². The SMILES string of the molecule is SSOCCN1CCC1. The summed E-state index contributed by atoms with van der Waals surface area (Å²) in [6.07, 6.45) is 1.36. The molecule has 0 aromatic carbocycles. The molecule has 0 aromatic heterocycles. The van der Waals surface area contributed by atoms with Crippen LogP contribution in [0.2, 0.25) is 0 Å². The molecule has 0 amide bonds. The summed E-state index contributed by atoms with van der Waals surface area (Å²) < 4.78 is 4.98. The first-order chi connectivity index (χ1) is 4.43. The summed E-state index contributed by atoms with van der Waals surface area (Å²) in [4.78, 5) is 2.37. The molecular formula is C5H11NOS2. The van der Waals surface area contributed by atoms with Crippen LogP contribution in [0.5, 0.6) is 0 Å². The number of nitrogens with zero attached hydrogens (tertiary/aromatic N) is 1. The fourth-order valence-electron chi connectivity index (χ4n) is 0.809. The summed E-state index contributed by atoms with van der Waals surface area (Å²) in [5, 5.41) is 0. The highest BCUT2D eigenvalue weighted by atomic mass is 33.1. The molecule has 0 aliphatic carbocycles. The second-order valence-electron chi connectivity index (χ2n) is 2.09. The highest BCUT2D eigenvalue weighted by Gasteiger charge is 2.11. The average Bonchev–Trinajstić information content (AvgIpc) is 1.76. The molecule has 0 saturated carbocycles. The Morgan fingerprint density at radius 2 is 2.33 bits per heavy atom. The van der Waals surface area contributed by atoms with E-state index in [4.69, 9.17) is 4.18 Å². The molecule has 1 fully saturated rings. The molecule has 0 atom stereocenters. The molecule has 1 rings (SSSR count). The summed E-state index contributed by atoms with van der Waals surface area (Å²) in [6, 6.07) is 0. The van der Waals surface area contributed by atoms with Gasteiger partial charge in [0.05, 0.1) is 17.7 Å². The minimum absolute atomic E-state index is 0.800. The van der Waals surface area contributed by atoms with Gasteiger partial charge in [-0.2, -0.15) is 0 Å². The third-order valence-electron chi connectivity index (χ3n) is 1.49. The quantitative estimate of drug-likeness (QED) is 0.291. The Kier molecular flexibility index (Phi) is 3.81. The molecule has 0 spiro atoms. The van der Waals surface area contributed by atoms with Crippen LogP contribution in [0.4, 0.5) is 0 Å². The van der Waals surface area contributed by atoms with E-state index < -0.39 is 0 Å². The molecule has 0 radical (unpaired) electrons. The van der Waals surface area contributed by atoms with Gasteiger partial charge in [-0.05, 0) is 19.5 Å². The van der Waals surface area contributed by atoms with Crippen LogP contribution in [0.25, 0.3) is 0 Å². The Morgan fingerprint density at radius 1 is 1.56 bits per heavy atom. The van der Waals surface area contributed by atoms with Crippen molar-refractivity contribution in [1.29, 1.82) is 0 Å². The van der Waals surface area contributed by atoms with Crippen LogP contribution in [-0.2, 0) is 4.18 Å². The Morgan fingerprint density at radius 3 is 2.78 bits per heavy atom. The van der Waals surface area contributed by atoms with Gasteiger partial charge < -0.3 is 9.08 Å². The molecule has 1 heterocycles. The van der Waals surface area contributed by atoms with Gasteiger partial charge in [-0.1, -0.05) is 11.7 Å². The lowest BCUT2D eigenvalue weighted by atomic mass is 10.2. The zero-order chi connectivity index (χ0) is 6.53. The number of rotatable bonds is 4. The van der Waals surface area contributed by atoms with Gasteiger partial charge in [0.15, 0.2) is 0 Å². The van der Waals surface area contributed by atoms with Crippen LogP contribution >= 0.6 is 22.7 Å². The minimum atomic E-state index is 0.800. The summed E-state index contributed by atoms with van der Waals surface area (Å²) in [5.41, 5.74) is 0. The third kappa shape index (κ3) is 2.80. The van der Waals surface area contributed by atoms with Crippen LogP contribution in [0.1, 0.15) is 6.42 Å². The topological polar surface area (TPSA) is 12.5 Å². The van der Waals surface area contributed by atoms with E-state index in [0.29, 0.717) is 0 Å². The van der Waals surface area contributed by atoms with Crippen LogP contribution in [0.15, 0.2) is 0 Å². The van der Waals surface area contributed by atoms with Crippen LogP contribution in [-0.4, -0.2) is 31.1 Å². The lowest BCUT2D eigenvalue weighted by Gasteiger charge is -2.29. The molecule has 9 heavy (non-hydrogen) atoms. The molecule has 4 heteroatoms. The van der Waals surface area contributed by atoms with Crippen molar-refractivity contribution < 1.29 is 4.18 Å². The number of hydrogen-bond donors (Lipinski definition) is 1. The van der Waals surface area contributed by atoms with Gasteiger partial charge in [0.25, 0.3) is 0 Å². The Balaban J connectivity index is 1.80. The number of hydrogen-bond acceptors (Lipinski definition) is 4. The van der Waals surface area contributed by atoms with Crippen LogP contribution in [0, 0.1) is 0 Å². The molecular weight excluding hydrogens is 154 g/mol. The first kappa shape index (κ1) is 7.72. The van der Waals surface area contributed by atoms with Crippen molar-refractivity contribution in [3.05, 3.63) is 0 Å². The van der Waals surface area contributed by atoms with Crippen molar-refractivity contribution in [1.82, 2.24) is 4.90 Å². The van der Waals surface area contributed by atoms with Gasteiger partial charge in [0, 0.05) is 6.54 Å². The van der Waals surface area contributed by atoms with E-state index in [-0.39, 0.29) is 0 Å². The van der Waals surface area contributed by atoms with E-state index in [9.17, 15) is 0 Å².